The van der Waals surface area contributed by atoms with Gasteiger partial charge in [0.05, 0.1) is 19.4 Å². The highest BCUT2D eigenvalue weighted by molar-refractivity contribution is 6.26. The number of benzene rings is 1. The van der Waals surface area contributed by atoms with Crippen molar-refractivity contribution in [2.75, 3.05) is 14.2 Å². The van der Waals surface area contributed by atoms with Crippen LogP contribution in [0.3, 0.4) is 0 Å². The molecule has 0 heterocycles. The number of methoxy groups -OCH3 is 2. The van der Waals surface area contributed by atoms with Crippen molar-refractivity contribution in [3.05, 3.63) is 34.9 Å². The summed E-state index contributed by atoms with van der Waals surface area (Å²) in [4.78, 5) is 0. The first kappa shape index (κ1) is 16.1. The summed E-state index contributed by atoms with van der Waals surface area (Å²) in [6.45, 7) is 0.509. The zero-order chi connectivity index (χ0) is 16.2. The molecule has 4 heteroatoms. The maximum atomic E-state index is 9.44. The summed E-state index contributed by atoms with van der Waals surface area (Å²) in [5, 5.41) is 13.0. The Morgan fingerprint density at radius 3 is 2.61 bits per heavy atom. The molecule has 1 aromatic carbocycles. The van der Waals surface area contributed by atoms with Crippen LogP contribution in [0.2, 0.25) is 0 Å². The van der Waals surface area contributed by atoms with Crippen LogP contribution in [0.5, 0.6) is 5.75 Å². The van der Waals surface area contributed by atoms with E-state index in [9.17, 15) is 5.21 Å². The fourth-order valence-corrected chi connectivity index (χ4v) is 4.03. The Balaban J connectivity index is 2.05. The number of nitrogens with zero attached hydrogens (tertiary/aromatic N) is 1. The lowest BCUT2D eigenvalue weighted by Gasteiger charge is -2.16. The second kappa shape index (κ2) is 7.18. The lowest BCUT2D eigenvalue weighted by atomic mass is 9.90. The first-order valence-electron chi connectivity index (χ1n) is 8.39. The van der Waals surface area contributed by atoms with E-state index in [1.54, 1.807) is 14.2 Å². The van der Waals surface area contributed by atoms with E-state index in [1.165, 1.54) is 31.3 Å². The first-order valence-corrected chi connectivity index (χ1v) is 8.39. The van der Waals surface area contributed by atoms with Crippen LogP contribution < -0.4 is 4.74 Å². The topological polar surface area (TPSA) is 51.0 Å². The maximum Gasteiger partial charge on any atom is 0.124 e. The van der Waals surface area contributed by atoms with Gasteiger partial charge >= 0.3 is 0 Å². The third kappa shape index (κ3) is 3.13. The van der Waals surface area contributed by atoms with Crippen LogP contribution in [-0.4, -0.2) is 25.1 Å². The third-order valence-electron chi connectivity index (χ3n) is 5.08. The van der Waals surface area contributed by atoms with Crippen LogP contribution in [0.25, 0.3) is 5.57 Å². The molecule has 0 aliphatic heterocycles. The molecule has 0 amide bonds. The molecule has 1 N–H and O–H groups in total. The molecule has 23 heavy (non-hydrogen) atoms. The highest BCUT2D eigenvalue weighted by atomic mass is 16.5. The van der Waals surface area contributed by atoms with Gasteiger partial charge in [-0.25, -0.2) is 0 Å². The average molecular weight is 315 g/mol. The summed E-state index contributed by atoms with van der Waals surface area (Å²) in [6, 6.07) is 6.16. The van der Waals surface area contributed by atoms with Gasteiger partial charge < -0.3 is 14.7 Å². The minimum Gasteiger partial charge on any atom is -0.496 e. The lowest BCUT2D eigenvalue weighted by molar-refractivity contribution is 0.181. The minimum absolute atomic E-state index is 0.509. The van der Waals surface area contributed by atoms with Gasteiger partial charge in [-0.05, 0) is 49.3 Å². The van der Waals surface area contributed by atoms with Crippen LogP contribution in [0.1, 0.15) is 49.7 Å². The maximum absolute atomic E-state index is 9.44. The molecule has 1 fully saturated rings. The molecule has 4 nitrogen and oxygen atoms in total. The van der Waals surface area contributed by atoms with Crippen molar-refractivity contribution < 1.29 is 14.7 Å². The van der Waals surface area contributed by atoms with Gasteiger partial charge in [-0.15, -0.1) is 0 Å². The third-order valence-corrected chi connectivity index (χ3v) is 5.08. The molecule has 1 saturated carbocycles. The average Bonchev–Trinajstić information content (AvgIpc) is 3.23. The van der Waals surface area contributed by atoms with Crippen LogP contribution >= 0.6 is 0 Å². The van der Waals surface area contributed by atoms with E-state index in [2.05, 4.69) is 17.3 Å². The van der Waals surface area contributed by atoms with Crippen molar-refractivity contribution in [2.45, 2.75) is 45.1 Å². The number of hydrogen-bond acceptors (Lipinski definition) is 4. The van der Waals surface area contributed by atoms with Crippen LogP contribution in [0.4, 0.5) is 0 Å². The van der Waals surface area contributed by atoms with E-state index in [0.717, 1.165) is 41.0 Å². The number of ether oxygens (including phenoxy) is 2. The number of rotatable bonds is 5. The van der Waals surface area contributed by atoms with Crippen molar-refractivity contribution in [3.8, 4) is 5.75 Å². The molecule has 124 valence electrons. The van der Waals surface area contributed by atoms with Crippen LogP contribution in [-0.2, 0) is 11.3 Å². The predicted molar refractivity (Wildman–Crippen MR) is 91.0 cm³/mol. The Hall–Kier alpha value is -1.81. The summed E-state index contributed by atoms with van der Waals surface area (Å²) < 4.78 is 10.7. The fraction of sp³-hybridized carbons (Fsp3) is 0.526. The van der Waals surface area contributed by atoms with Gasteiger partial charge in [0.15, 0.2) is 0 Å². The molecule has 2 aliphatic rings. The molecule has 1 aromatic rings. The SMILES string of the molecule is COCc1cc(C2=C(C3CCCC3)CC/C2=N\O)ccc1OC. The molecule has 2 aliphatic carbocycles. The quantitative estimate of drug-likeness (QED) is 0.647. The highest BCUT2D eigenvalue weighted by Gasteiger charge is 2.30. The Bertz CT molecular complexity index is 628. The summed E-state index contributed by atoms with van der Waals surface area (Å²) >= 11 is 0. The van der Waals surface area contributed by atoms with Crippen molar-refractivity contribution in [1.29, 1.82) is 0 Å². The van der Waals surface area contributed by atoms with E-state index >= 15 is 0 Å². The first-order chi connectivity index (χ1) is 11.3. The fourth-order valence-electron chi connectivity index (χ4n) is 4.03. The molecular weight excluding hydrogens is 290 g/mol. The molecule has 0 radical (unpaired) electrons. The second-order valence-corrected chi connectivity index (χ2v) is 6.39. The van der Waals surface area contributed by atoms with Crippen LogP contribution in [0.15, 0.2) is 28.9 Å². The Kier molecular flexibility index (Phi) is 5.01. The van der Waals surface area contributed by atoms with Crippen molar-refractivity contribution in [3.63, 3.8) is 0 Å². The van der Waals surface area contributed by atoms with E-state index in [4.69, 9.17) is 9.47 Å². The van der Waals surface area contributed by atoms with Crippen LogP contribution in [0, 0.1) is 5.92 Å². The number of oxime groups is 1. The zero-order valence-corrected chi connectivity index (χ0v) is 14.0. The highest BCUT2D eigenvalue weighted by Crippen LogP contribution is 2.43. The summed E-state index contributed by atoms with van der Waals surface area (Å²) in [5.41, 5.74) is 5.59. The Labute approximate surface area is 137 Å². The van der Waals surface area contributed by atoms with Crippen molar-refractivity contribution >= 4 is 11.3 Å². The monoisotopic (exact) mass is 315 g/mol. The van der Waals surface area contributed by atoms with Crippen molar-refractivity contribution in [2.24, 2.45) is 11.1 Å². The summed E-state index contributed by atoms with van der Waals surface area (Å²) in [5.74, 6) is 1.48. The number of allylic oxidation sites excluding steroid dienone is 2. The largest absolute Gasteiger partial charge is 0.496 e. The second-order valence-electron chi connectivity index (χ2n) is 6.39. The molecule has 0 aromatic heterocycles. The van der Waals surface area contributed by atoms with Gasteiger partial charge in [-0.2, -0.15) is 0 Å². The molecule has 0 saturated heterocycles. The lowest BCUT2D eigenvalue weighted by Crippen LogP contribution is -2.03. The van der Waals surface area contributed by atoms with Gasteiger partial charge in [-0.1, -0.05) is 29.6 Å². The zero-order valence-electron chi connectivity index (χ0n) is 14.0. The number of hydrogen-bond donors (Lipinski definition) is 1. The summed E-state index contributed by atoms with van der Waals surface area (Å²) in [6.07, 6.45) is 7.00. The molecule has 0 spiro atoms. The Morgan fingerprint density at radius 2 is 1.96 bits per heavy atom. The smallest absolute Gasteiger partial charge is 0.124 e. The summed E-state index contributed by atoms with van der Waals surface area (Å²) in [7, 11) is 3.36. The Morgan fingerprint density at radius 1 is 1.17 bits per heavy atom. The van der Waals surface area contributed by atoms with E-state index < -0.39 is 0 Å². The van der Waals surface area contributed by atoms with Crippen molar-refractivity contribution in [1.82, 2.24) is 0 Å². The minimum atomic E-state index is 0.509. The van der Waals surface area contributed by atoms with Gasteiger partial charge in [-0.3, -0.25) is 0 Å². The molecule has 0 atom stereocenters. The molecule has 3 rings (SSSR count). The molecular formula is C19H25NO3. The standard InChI is InChI=1S/C19H25NO3/c1-22-12-15-11-14(7-10-18(15)23-2)19-16(8-9-17(19)20-21)13-5-3-4-6-13/h7,10-11,13,21H,3-6,8-9,12H2,1-2H3/b20-17+. The predicted octanol–water partition coefficient (Wildman–Crippen LogP) is 4.41. The molecule has 0 unspecified atom stereocenters. The molecule has 0 bridgehead atoms. The van der Waals surface area contributed by atoms with Gasteiger partial charge in [0.25, 0.3) is 0 Å². The normalized spacial score (nSPS) is 20.7. The van der Waals surface area contributed by atoms with Gasteiger partial charge in [0.2, 0.25) is 0 Å². The van der Waals surface area contributed by atoms with E-state index in [1.807, 2.05) is 6.07 Å². The van der Waals surface area contributed by atoms with Gasteiger partial charge in [0.1, 0.15) is 5.75 Å². The van der Waals surface area contributed by atoms with Gasteiger partial charge in [0, 0.05) is 18.2 Å². The van der Waals surface area contributed by atoms with E-state index in [-0.39, 0.29) is 0 Å². The van der Waals surface area contributed by atoms with E-state index in [0.29, 0.717) is 12.5 Å².